The molecule has 0 unspecified atom stereocenters. The predicted molar refractivity (Wildman–Crippen MR) is 80.3 cm³/mol. The van der Waals surface area contributed by atoms with Crippen LogP contribution in [0.3, 0.4) is 0 Å². The quantitative estimate of drug-likeness (QED) is 0.310. The summed E-state index contributed by atoms with van der Waals surface area (Å²) in [6, 6.07) is 0. The van der Waals surface area contributed by atoms with E-state index in [0.717, 1.165) is 12.8 Å². The molecule has 0 aliphatic carbocycles. The molecular weight excluding hydrogens is 279 g/mol. The minimum absolute atomic E-state index is 0.653. The van der Waals surface area contributed by atoms with Crippen LogP contribution >= 0.6 is 11.8 Å². The Hall–Kier alpha value is 0.0895. The number of rotatable bonds is 10. The van der Waals surface area contributed by atoms with E-state index in [1.807, 2.05) is 12.2 Å². The third-order valence-electron chi connectivity index (χ3n) is 2.08. The van der Waals surface area contributed by atoms with Crippen LogP contribution in [-0.2, 0) is 0 Å². The van der Waals surface area contributed by atoms with Crippen LogP contribution in [0.15, 0.2) is 34.7 Å². The Balaban J connectivity index is 4.53. The molecule has 92 valence electrons. The van der Waals surface area contributed by atoms with Crippen molar-refractivity contribution < 1.29 is 0 Å². The summed E-state index contributed by atoms with van der Waals surface area (Å²) in [5.41, 5.74) is 1.55. The molecule has 0 aromatic heterocycles. The van der Waals surface area contributed by atoms with Gasteiger partial charge in [0, 0.05) is 0 Å². The van der Waals surface area contributed by atoms with Gasteiger partial charge in [0.15, 0.2) is 0 Å². The molecule has 0 rings (SSSR count). The second-order valence-corrected chi connectivity index (χ2v) is 7.87. The molecule has 0 radical (unpaired) electrons. The first kappa shape index (κ1) is 16.1. The van der Waals surface area contributed by atoms with Crippen molar-refractivity contribution in [3.05, 3.63) is 34.7 Å². The van der Waals surface area contributed by atoms with E-state index in [4.69, 9.17) is 0 Å². The molecule has 0 aromatic carbocycles. The number of unbranched alkanes of at least 4 members (excludes halogenated alkanes) is 1. The SMILES string of the molecule is C=CCC(CC=C)=C(SCCCC)[Se]CC. The van der Waals surface area contributed by atoms with Crippen LogP contribution in [0.5, 0.6) is 0 Å². The summed E-state index contributed by atoms with van der Waals surface area (Å²) < 4.78 is 1.64. The van der Waals surface area contributed by atoms with Crippen LogP contribution in [0.1, 0.15) is 39.5 Å². The van der Waals surface area contributed by atoms with Gasteiger partial charge < -0.3 is 0 Å². The van der Waals surface area contributed by atoms with Crippen molar-refractivity contribution in [3.63, 3.8) is 0 Å². The fourth-order valence-electron chi connectivity index (χ4n) is 1.28. The molecule has 0 amide bonds. The first-order valence-electron chi connectivity index (χ1n) is 5.99. The first-order valence-corrected chi connectivity index (χ1v) is 9.04. The summed E-state index contributed by atoms with van der Waals surface area (Å²) in [4.78, 5) is 0. The second kappa shape index (κ2) is 11.6. The Morgan fingerprint density at radius 2 is 1.81 bits per heavy atom. The third kappa shape index (κ3) is 7.38. The summed E-state index contributed by atoms with van der Waals surface area (Å²) in [7, 11) is 0. The Bertz CT molecular complexity index is 219. The molecule has 0 bridgehead atoms. The zero-order valence-corrected chi connectivity index (χ0v) is 13.2. The van der Waals surface area contributed by atoms with Gasteiger partial charge in [-0.15, -0.1) is 0 Å². The van der Waals surface area contributed by atoms with E-state index in [-0.39, 0.29) is 0 Å². The van der Waals surface area contributed by atoms with Gasteiger partial charge in [-0.05, 0) is 0 Å². The third-order valence-corrected chi connectivity index (χ3v) is 6.24. The molecule has 0 spiro atoms. The molecule has 0 saturated heterocycles. The number of thioether (sulfide) groups is 1. The molecule has 0 N–H and O–H groups in total. The van der Waals surface area contributed by atoms with Crippen LogP contribution < -0.4 is 0 Å². The van der Waals surface area contributed by atoms with Crippen LogP contribution in [0, 0.1) is 0 Å². The predicted octanol–water partition coefficient (Wildman–Crippen LogP) is 5.03. The van der Waals surface area contributed by atoms with Crippen molar-refractivity contribution in [1.29, 1.82) is 0 Å². The van der Waals surface area contributed by atoms with Crippen LogP contribution in [-0.4, -0.2) is 20.7 Å². The Morgan fingerprint density at radius 3 is 2.25 bits per heavy atom. The molecule has 0 saturated carbocycles. The molecule has 2 heteroatoms. The normalized spacial score (nSPS) is 9.88. The zero-order valence-electron chi connectivity index (χ0n) is 10.6. The molecule has 0 aliphatic rings. The van der Waals surface area contributed by atoms with E-state index < -0.39 is 0 Å². The van der Waals surface area contributed by atoms with Gasteiger partial charge in [-0.3, -0.25) is 0 Å². The molecule has 0 heterocycles. The molecule has 0 aliphatic heterocycles. The van der Waals surface area contributed by atoms with Crippen LogP contribution in [0.25, 0.3) is 0 Å². The van der Waals surface area contributed by atoms with E-state index >= 15 is 0 Å². The number of hydrogen-bond acceptors (Lipinski definition) is 1. The zero-order chi connectivity index (χ0) is 12.2. The molecular formula is C14H24SSe. The van der Waals surface area contributed by atoms with Gasteiger partial charge in [0.1, 0.15) is 0 Å². The molecule has 16 heavy (non-hydrogen) atoms. The molecule has 0 fully saturated rings. The topological polar surface area (TPSA) is 0 Å². The summed E-state index contributed by atoms with van der Waals surface area (Å²) >= 11 is 2.72. The maximum atomic E-state index is 3.85. The van der Waals surface area contributed by atoms with Gasteiger partial charge in [0.05, 0.1) is 0 Å². The van der Waals surface area contributed by atoms with Gasteiger partial charge >= 0.3 is 112 Å². The molecule has 0 atom stereocenters. The minimum atomic E-state index is 0.653. The van der Waals surface area contributed by atoms with Crippen molar-refractivity contribution >= 4 is 26.7 Å². The van der Waals surface area contributed by atoms with E-state index in [2.05, 4.69) is 38.8 Å². The van der Waals surface area contributed by atoms with Crippen molar-refractivity contribution in [2.75, 3.05) is 5.75 Å². The molecule has 0 nitrogen and oxygen atoms in total. The van der Waals surface area contributed by atoms with E-state index in [1.165, 1.54) is 23.9 Å². The summed E-state index contributed by atoms with van der Waals surface area (Å²) in [5, 5.41) is 1.29. The molecule has 0 aromatic rings. The average Bonchev–Trinajstić information content (AvgIpc) is 2.28. The summed E-state index contributed by atoms with van der Waals surface area (Å²) in [6.45, 7) is 12.2. The van der Waals surface area contributed by atoms with Crippen molar-refractivity contribution in [1.82, 2.24) is 0 Å². The monoisotopic (exact) mass is 304 g/mol. The Kier molecular flexibility index (Phi) is 11.6. The average molecular weight is 303 g/mol. The van der Waals surface area contributed by atoms with Gasteiger partial charge in [-0.1, -0.05) is 0 Å². The van der Waals surface area contributed by atoms with Crippen molar-refractivity contribution in [2.24, 2.45) is 0 Å². The van der Waals surface area contributed by atoms with Crippen molar-refractivity contribution in [3.8, 4) is 0 Å². The standard InChI is InChI=1S/C14H24SSe/c1-5-9-12-15-14(16-8-4)13(10-6-2)11-7-3/h6-7H,2-3,5,8-12H2,1,4H3. The van der Waals surface area contributed by atoms with Crippen LogP contribution in [0.4, 0.5) is 0 Å². The van der Waals surface area contributed by atoms with E-state index in [9.17, 15) is 0 Å². The second-order valence-electron chi connectivity index (χ2n) is 3.51. The fraction of sp³-hybridized carbons (Fsp3) is 0.571. The summed E-state index contributed by atoms with van der Waals surface area (Å²) in [5.74, 6) is 1.27. The number of allylic oxidation sites excluding steroid dienone is 3. The van der Waals surface area contributed by atoms with Gasteiger partial charge in [0.2, 0.25) is 0 Å². The van der Waals surface area contributed by atoms with E-state index in [1.54, 1.807) is 9.38 Å². The van der Waals surface area contributed by atoms with Gasteiger partial charge in [0.25, 0.3) is 0 Å². The van der Waals surface area contributed by atoms with Gasteiger partial charge in [-0.2, -0.15) is 0 Å². The van der Waals surface area contributed by atoms with Crippen LogP contribution in [0.2, 0.25) is 5.32 Å². The van der Waals surface area contributed by atoms with Gasteiger partial charge in [-0.25, -0.2) is 0 Å². The number of hydrogen-bond donors (Lipinski definition) is 0. The van der Waals surface area contributed by atoms with Crippen molar-refractivity contribution in [2.45, 2.75) is 44.9 Å². The fourth-order valence-corrected chi connectivity index (χ4v) is 5.35. The summed E-state index contributed by atoms with van der Waals surface area (Å²) in [6.07, 6.45) is 8.71. The van der Waals surface area contributed by atoms with E-state index in [0.29, 0.717) is 15.0 Å². The Morgan fingerprint density at radius 1 is 1.19 bits per heavy atom. The maximum absolute atomic E-state index is 3.85. The Labute approximate surface area is 112 Å². The first-order chi connectivity index (χ1) is 7.79.